The zero-order valence-electron chi connectivity index (χ0n) is 8.59. The maximum absolute atomic E-state index is 10.4. The molecule has 0 saturated carbocycles. The topological polar surface area (TPSA) is 80.5 Å². The van der Waals surface area contributed by atoms with Crippen LogP contribution in [-0.4, -0.2) is 37.7 Å². The molecule has 84 valence electrons. The number of primary amides is 1. The molecule has 0 aromatic heterocycles. The summed E-state index contributed by atoms with van der Waals surface area (Å²) < 4.78 is 10.4. The quantitative estimate of drug-likeness (QED) is 0.520. The van der Waals surface area contributed by atoms with Crippen LogP contribution in [-0.2, 0) is 9.47 Å². The molecule has 0 aliphatic carbocycles. The number of hydrogen-bond acceptors (Lipinski definition) is 3. The molecule has 2 heterocycles. The number of carbonyl (C=O) groups excluding carboxylic acids is 1. The lowest BCUT2D eigenvalue weighted by molar-refractivity contribution is 0.256. The highest BCUT2D eigenvalue weighted by atomic mass is 16.6. The van der Waals surface area contributed by atoms with Crippen LogP contribution in [0.4, 0.5) is 4.79 Å². The van der Waals surface area contributed by atoms with Crippen LogP contribution in [0.25, 0.3) is 0 Å². The second-order valence-electron chi connectivity index (χ2n) is 4.13. The van der Waals surface area contributed by atoms with Crippen LogP contribution in [0.15, 0.2) is 4.99 Å². The molecule has 5 nitrogen and oxygen atoms in total. The monoisotopic (exact) mass is 212 g/mol. The Morgan fingerprint density at radius 3 is 2.33 bits per heavy atom. The Kier molecular flexibility index (Phi) is 3.33. The van der Waals surface area contributed by atoms with E-state index in [0.717, 1.165) is 32.5 Å². The number of amides is 2. The third kappa shape index (κ3) is 4.40. The predicted molar refractivity (Wildman–Crippen MR) is 54.9 cm³/mol. The summed E-state index contributed by atoms with van der Waals surface area (Å²) >= 11 is 0. The molecule has 0 spiro atoms. The molecule has 2 aliphatic heterocycles. The molecule has 2 saturated heterocycles. The van der Waals surface area contributed by atoms with Gasteiger partial charge in [0, 0.05) is 6.21 Å². The first-order valence-corrected chi connectivity index (χ1v) is 5.29. The van der Waals surface area contributed by atoms with Gasteiger partial charge in [-0.1, -0.05) is 0 Å². The Morgan fingerprint density at radius 1 is 1.40 bits per heavy atom. The molecule has 2 atom stereocenters. The van der Waals surface area contributed by atoms with Gasteiger partial charge in [-0.2, -0.15) is 0 Å². The number of rotatable bonds is 6. The van der Waals surface area contributed by atoms with Crippen LogP contribution in [0.1, 0.15) is 19.3 Å². The van der Waals surface area contributed by atoms with E-state index in [0.29, 0.717) is 18.1 Å². The highest BCUT2D eigenvalue weighted by Gasteiger charge is 2.31. The lowest BCUT2D eigenvalue weighted by Gasteiger charge is -2.10. The number of ether oxygens (including phenoxy) is 2. The van der Waals surface area contributed by atoms with Crippen molar-refractivity contribution in [3.63, 3.8) is 0 Å². The molecule has 0 aromatic rings. The lowest BCUT2D eigenvalue weighted by Crippen LogP contribution is -2.10. The van der Waals surface area contributed by atoms with Crippen molar-refractivity contribution in [1.82, 2.24) is 0 Å². The summed E-state index contributed by atoms with van der Waals surface area (Å²) in [6.07, 6.45) is 5.28. The summed E-state index contributed by atoms with van der Waals surface area (Å²) in [5, 5.41) is 0. The zero-order chi connectivity index (χ0) is 10.7. The van der Waals surface area contributed by atoms with E-state index in [1.54, 1.807) is 6.21 Å². The lowest BCUT2D eigenvalue weighted by atomic mass is 9.95. The van der Waals surface area contributed by atoms with Gasteiger partial charge in [-0.25, -0.2) is 9.79 Å². The number of carbonyl (C=O) groups is 1. The summed E-state index contributed by atoms with van der Waals surface area (Å²) in [5.74, 6) is 0.494. The Morgan fingerprint density at radius 2 is 1.93 bits per heavy atom. The fourth-order valence-corrected chi connectivity index (χ4v) is 1.73. The summed E-state index contributed by atoms with van der Waals surface area (Å²) in [4.78, 5) is 14.0. The predicted octanol–water partition coefficient (Wildman–Crippen LogP) is 0.720. The standard InChI is InChI=1S/C10H16N2O3/c11-10(13)12-2-1-7(3-8-5-14-8)4-9-6-15-9/h2,7-9H,1,3-6H2,(H2,11,13). The van der Waals surface area contributed by atoms with Crippen molar-refractivity contribution in [1.29, 1.82) is 0 Å². The minimum atomic E-state index is -0.626. The van der Waals surface area contributed by atoms with Crippen LogP contribution in [0.5, 0.6) is 0 Å². The van der Waals surface area contributed by atoms with E-state index in [4.69, 9.17) is 15.2 Å². The summed E-state index contributed by atoms with van der Waals surface area (Å²) in [6.45, 7) is 1.74. The minimum Gasteiger partial charge on any atom is -0.373 e. The fourth-order valence-electron chi connectivity index (χ4n) is 1.73. The second-order valence-corrected chi connectivity index (χ2v) is 4.13. The van der Waals surface area contributed by atoms with Crippen molar-refractivity contribution >= 4 is 12.2 Å². The summed E-state index contributed by atoms with van der Waals surface area (Å²) in [6, 6.07) is -0.626. The van der Waals surface area contributed by atoms with E-state index >= 15 is 0 Å². The maximum atomic E-state index is 10.4. The van der Waals surface area contributed by atoms with E-state index in [2.05, 4.69) is 4.99 Å². The molecule has 2 rings (SSSR count). The molecule has 2 aliphatic rings. The molecule has 15 heavy (non-hydrogen) atoms. The van der Waals surface area contributed by atoms with Gasteiger partial charge in [0.05, 0.1) is 25.4 Å². The molecule has 2 N–H and O–H groups in total. The first-order chi connectivity index (χ1) is 7.24. The molecular weight excluding hydrogens is 196 g/mol. The molecule has 2 amide bonds. The first-order valence-electron chi connectivity index (χ1n) is 5.29. The van der Waals surface area contributed by atoms with Crippen molar-refractivity contribution in [2.24, 2.45) is 16.6 Å². The van der Waals surface area contributed by atoms with Gasteiger partial charge in [-0.3, -0.25) is 0 Å². The molecule has 2 fully saturated rings. The van der Waals surface area contributed by atoms with E-state index in [-0.39, 0.29) is 0 Å². The van der Waals surface area contributed by atoms with Gasteiger partial charge in [0.25, 0.3) is 0 Å². The second kappa shape index (κ2) is 4.72. The minimum absolute atomic E-state index is 0.413. The summed E-state index contributed by atoms with van der Waals surface area (Å²) in [7, 11) is 0. The number of epoxide rings is 2. The number of nitrogens with zero attached hydrogens (tertiary/aromatic N) is 1. The molecule has 0 radical (unpaired) electrons. The van der Waals surface area contributed by atoms with Gasteiger partial charge in [0.1, 0.15) is 0 Å². The fraction of sp³-hybridized carbons (Fsp3) is 0.800. The maximum Gasteiger partial charge on any atom is 0.337 e. The molecule has 5 heteroatoms. The van der Waals surface area contributed by atoms with E-state index in [9.17, 15) is 4.79 Å². The molecule has 2 unspecified atom stereocenters. The van der Waals surface area contributed by atoms with Gasteiger partial charge in [0.15, 0.2) is 0 Å². The molecule has 0 aromatic carbocycles. The van der Waals surface area contributed by atoms with Crippen LogP contribution in [0.3, 0.4) is 0 Å². The normalized spacial score (nSPS) is 30.4. The van der Waals surface area contributed by atoms with E-state index in [1.165, 1.54) is 0 Å². The van der Waals surface area contributed by atoms with Crippen molar-refractivity contribution in [2.45, 2.75) is 31.5 Å². The molecule has 0 bridgehead atoms. The summed E-state index contributed by atoms with van der Waals surface area (Å²) in [5.41, 5.74) is 4.92. The SMILES string of the molecule is NC(=O)N=CCC(CC1CO1)CC1CO1. The van der Waals surface area contributed by atoms with Crippen molar-refractivity contribution in [2.75, 3.05) is 13.2 Å². The number of hydrogen-bond donors (Lipinski definition) is 1. The van der Waals surface area contributed by atoms with Crippen LogP contribution >= 0.6 is 0 Å². The van der Waals surface area contributed by atoms with Crippen molar-refractivity contribution in [3.8, 4) is 0 Å². The highest BCUT2D eigenvalue weighted by molar-refractivity contribution is 5.82. The van der Waals surface area contributed by atoms with Gasteiger partial charge < -0.3 is 15.2 Å². The number of nitrogens with two attached hydrogens (primary N) is 1. The van der Waals surface area contributed by atoms with E-state index in [1.807, 2.05) is 0 Å². The van der Waals surface area contributed by atoms with Gasteiger partial charge in [-0.05, 0) is 25.2 Å². The van der Waals surface area contributed by atoms with Crippen molar-refractivity contribution in [3.05, 3.63) is 0 Å². The Balaban J connectivity index is 1.72. The number of urea groups is 1. The van der Waals surface area contributed by atoms with Crippen LogP contribution in [0.2, 0.25) is 0 Å². The number of aliphatic imine (C=N–C) groups is 1. The third-order valence-electron chi connectivity index (χ3n) is 2.65. The van der Waals surface area contributed by atoms with Crippen LogP contribution in [0, 0.1) is 5.92 Å². The largest absolute Gasteiger partial charge is 0.373 e. The van der Waals surface area contributed by atoms with Gasteiger partial charge in [0.2, 0.25) is 0 Å². The van der Waals surface area contributed by atoms with E-state index < -0.39 is 6.03 Å². The van der Waals surface area contributed by atoms with Gasteiger partial charge in [-0.15, -0.1) is 0 Å². The first kappa shape index (κ1) is 10.6. The molecular formula is C10H16N2O3. The van der Waals surface area contributed by atoms with Crippen molar-refractivity contribution < 1.29 is 14.3 Å². The zero-order valence-corrected chi connectivity index (χ0v) is 8.59. The van der Waals surface area contributed by atoms with Gasteiger partial charge >= 0.3 is 6.03 Å². The Hall–Kier alpha value is -0.940. The average Bonchev–Trinajstić information content (AvgIpc) is 2.97. The smallest absolute Gasteiger partial charge is 0.337 e. The Bertz CT molecular complexity index is 245. The Labute approximate surface area is 88.6 Å². The average molecular weight is 212 g/mol. The highest BCUT2D eigenvalue weighted by Crippen LogP contribution is 2.28. The third-order valence-corrected chi connectivity index (χ3v) is 2.65. The van der Waals surface area contributed by atoms with Crippen LogP contribution < -0.4 is 5.73 Å².